The van der Waals surface area contributed by atoms with E-state index >= 15 is 0 Å². The zero-order valence-corrected chi connectivity index (χ0v) is 10.9. The minimum absolute atomic E-state index is 0.0275. The lowest BCUT2D eigenvalue weighted by atomic mass is 10.1. The van der Waals surface area contributed by atoms with E-state index in [-0.39, 0.29) is 23.9 Å². The number of halogens is 1. The van der Waals surface area contributed by atoms with Crippen molar-refractivity contribution in [1.82, 2.24) is 15.0 Å². The number of hydrogen-bond acceptors (Lipinski definition) is 6. The Bertz CT molecular complexity index is 338. The summed E-state index contributed by atoms with van der Waals surface area (Å²) in [6, 6.07) is 0.250. The second kappa shape index (κ2) is 6.56. The first kappa shape index (κ1) is 13.9. The molecule has 0 aliphatic carbocycles. The summed E-state index contributed by atoms with van der Waals surface area (Å²) >= 11 is 5.75. The molecular weight excluding hydrogens is 242 g/mol. The number of aromatic nitrogens is 3. The molecule has 0 aliphatic heterocycles. The van der Waals surface area contributed by atoms with Crippen LogP contribution in [0.2, 0.25) is 5.28 Å². The third-order valence-corrected chi connectivity index (χ3v) is 2.76. The first-order valence-corrected chi connectivity index (χ1v) is 6.04. The van der Waals surface area contributed by atoms with Gasteiger partial charge < -0.3 is 15.7 Å². The fourth-order valence-corrected chi connectivity index (χ4v) is 1.93. The zero-order chi connectivity index (χ0) is 12.8. The zero-order valence-electron chi connectivity index (χ0n) is 10.1. The maximum Gasteiger partial charge on any atom is 0.231 e. The predicted molar refractivity (Wildman–Crippen MR) is 68.1 cm³/mol. The topological polar surface area (TPSA) is 88.2 Å². The Kier molecular flexibility index (Phi) is 5.37. The fourth-order valence-electron chi connectivity index (χ4n) is 1.77. The van der Waals surface area contributed by atoms with E-state index in [0.29, 0.717) is 12.5 Å². The van der Waals surface area contributed by atoms with E-state index in [4.69, 9.17) is 22.4 Å². The van der Waals surface area contributed by atoms with Crippen LogP contribution < -0.4 is 10.6 Å². The number of hydrogen-bond donors (Lipinski definition) is 2. The molecule has 96 valence electrons. The Morgan fingerprint density at radius 1 is 1.29 bits per heavy atom. The van der Waals surface area contributed by atoms with Crippen LogP contribution in [0.15, 0.2) is 0 Å². The molecule has 1 aromatic rings. The number of aliphatic hydroxyl groups excluding tert-OH is 1. The van der Waals surface area contributed by atoms with Gasteiger partial charge in [0.25, 0.3) is 0 Å². The number of rotatable bonds is 6. The van der Waals surface area contributed by atoms with Crippen LogP contribution >= 0.6 is 11.6 Å². The van der Waals surface area contributed by atoms with Gasteiger partial charge in [-0.05, 0) is 24.4 Å². The average molecular weight is 260 g/mol. The van der Waals surface area contributed by atoms with Crippen LogP contribution in [0.25, 0.3) is 0 Å². The first-order valence-electron chi connectivity index (χ1n) is 5.66. The molecule has 1 rings (SSSR count). The molecule has 0 radical (unpaired) electrons. The molecule has 17 heavy (non-hydrogen) atoms. The fraction of sp³-hybridized carbons (Fsp3) is 0.700. The van der Waals surface area contributed by atoms with Crippen molar-refractivity contribution < 1.29 is 5.11 Å². The lowest BCUT2D eigenvalue weighted by Crippen LogP contribution is -2.38. The highest BCUT2D eigenvalue weighted by molar-refractivity contribution is 6.28. The third kappa shape index (κ3) is 3.67. The highest BCUT2D eigenvalue weighted by atomic mass is 35.5. The number of anilines is 2. The van der Waals surface area contributed by atoms with Crippen LogP contribution in [0.1, 0.15) is 26.7 Å². The largest absolute Gasteiger partial charge is 0.395 e. The predicted octanol–water partition coefficient (Wildman–Crippen LogP) is 1.09. The van der Waals surface area contributed by atoms with Gasteiger partial charge in [-0.2, -0.15) is 15.0 Å². The summed E-state index contributed by atoms with van der Waals surface area (Å²) in [5.74, 6) is 0.513. The summed E-state index contributed by atoms with van der Waals surface area (Å²) in [4.78, 5) is 13.7. The van der Waals surface area contributed by atoms with E-state index in [2.05, 4.69) is 28.8 Å². The van der Waals surface area contributed by atoms with Crippen LogP contribution in [-0.2, 0) is 0 Å². The molecule has 3 N–H and O–H groups in total. The second-order valence-corrected chi connectivity index (χ2v) is 3.99. The van der Waals surface area contributed by atoms with Gasteiger partial charge in [-0.25, -0.2) is 0 Å². The van der Waals surface area contributed by atoms with Crippen molar-refractivity contribution in [2.75, 3.05) is 23.8 Å². The van der Waals surface area contributed by atoms with Gasteiger partial charge in [-0.1, -0.05) is 13.8 Å². The van der Waals surface area contributed by atoms with Crippen LogP contribution in [0.5, 0.6) is 0 Å². The summed E-state index contributed by atoms with van der Waals surface area (Å²) in [5, 5.41) is 9.17. The Labute approximate surface area is 106 Å². The maximum absolute atomic E-state index is 9.10. The van der Waals surface area contributed by atoms with Gasteiger partial charge in [0.05, 0.1) is 6.61 Å². The number of nitrogen functional groups attached to an aromatic ring is 1. The van der Waals surface area contributed by atoms with Crippen LogP contribution in [0, 0.1) is 0 Å². The van der Waals surface area contributed by atoms with E-state index in [9.17, 15) is 0 Å². The van der Waals surface area contributed by atoms with Gasteiger partial charge in [0.2, 0.25) is 17.2 Å². The Hall–Kier alpha value is -1.14. The molecule has 0 spiro atoms. The quantitative estimate of drug-likeness (QED) is 0.795. The lowest BCUT2D eigenvalue weighted by Gasteiger charge is -2.29. The molecule has 0 amide bonds. The minimum Gasteiger partial charge on any atom is -0.395 e. The van der Waals surface area contributed by atoms with E-state index in [1.807, 2.05) is 4.90 Å². The van der Waals surface area contributed by atoms with Crippen molar-refractivity contribution in [2.24, 2.45) is 0 Å². The molecule has 1 aromatic heterocycles. The molecule has 0 aliphatic rings. The normalized spacial score (nSPS) is 10.9. The first-order chi connectivity index (χ1) is 8.12. The van der Waals surface area contributed by atoms with Crippen LogP contribution in [0.4, 0.5) is 11.9 Å². The number of nitrogens with two attached hydrogens (primary N) is 1. The van der Waals surface area contributed by atoms with Gasteiger partial charge in [0, 0.05) is 12.6 Å². The summed E-state index contributed by atoms with van der Waals surface area (Å²) in [7, 11) is 0. The van der Waals surface area contributed by atoms with Crippen molar-refractivity contribution in [3.8, 4) is 0 Å². The lowest BCUT2D eigenvalue weighted by molar-refractivity contribution is 0.295. The molecule has 0 aromatic carbocycles. The van der Waals surface area contributed by atoms with Crippen LogP contribution in [0.3, 0.4) is 0 Å². The van der Waals surface area contributed by atoms with Crippen LogP contribution in [-0.4, -0.2) is 39.3 Å². The van der Waals surface area contributed by atoms with E-state index < -0.39 is 0 Å². The molecule has 0 unspecified atom stereocenters. The molecule has 7 heteroatoms. The monoisotopic (exact) mass is 259 g/mol. The summed E-state index contributed by atoms with van der Waals surface area (Å²) in [5.41, 5.74) is 5.54. The third-order valence-electron chi connectivity index (χ3n) is 2.59. The van der Waals surface area contributed by atoms with Gasteiger partial charge in [-0.15, -0.1) is 0 Å². The van der Waals surface area contributed by atoms with E-state index in [1.165, 1.54) is 0 Å². The smallest absolute Gasteiger partial charge is 0.231 e. The SMILES string of the molecule is CCC(CC)N(CCO)c1nc(N)nc(Cl)n1. The highest BCUT2D eigenvalue weighted by Crippen LogP contribution is 2.18. The van der Waals surface area contributed by atoms with Crippen molar-refractivity contribution in [2.45, 2.75) is 32.7 Å². The molecule has 0 bridgehead atoms. The molecule has 1 heterocycles. The van der Waals surface area contributed by atoms with Gasteiger partial charge in [0.15, 0.2) is 0 Å². The molecular formula is C10H18ClN5O. The summed E-state index contributed by atoms with van der Waals surface area (Å²) in [6.07, 6.45) is 1.86. The summed E-state index contributed by atoms with van der Waals surface area (Å²) < 4.78 is 0. The van der Waals surface area contributed by atoms with Crippen molar-refractivity contribution in [1.29, 1.82) is 0 Å². The Morgan fingerprint density at radius 3 is 2.41 bits per heavy atom. The standard InChI is InChI=1S/C10H18ClN5O/c1-3-7(4-2)16(5-6-17)10-14-8(11)13-9(12)15-10/h7,17H,3-6H2,1-2H3,(H2,12,13,14,15). The second-order valence-electron chi connectivity index (χ2n) is 3.65. The van der Waals surface area contributed by atoms with Gasteiger partial charge >= 0.3 is 0 Å². The van der Waals surface area contributed by atoms with Crippen molar-refractivity contribution >= 4 is 23.5 Å². The molecule has 0 saturated heterocycles. The summed E-state index contributed by atoms with van der Waals surface area (Å²) in [6.45, 7) is 4.63. The number of aliphatic hydroxyl groups is 1. The minimum atomic E-state index is 0.0275. The Morgan fingerprint density at radius 2 is 1.94 bits per heavy atom. The van der Waals surface area contributed by atoms with Crippen molar-refractivity contribution in [3.63, 3.8) is 0 Å². The van der Waals surface area contributed by atoms with Crippen molar-refractivity contribution in [3.05, 3.63) is 5.28 Å². The van der Waals surface area contributed by atoms with Gasteiger partial charge in [-0.3, -0.25) is 0 Å². The van der Waals surface area contributed by atoms with E-state index in [0.717, 1.165) is 12.8 Å². The molecule has 6 nitrogen and oxygen atoms in total. The molecule has 0 atom stereocenters. The number of nitrogens with zero attached hydrogens (tertiary/aromatic N) is 4. The average Bonchev–Trinajstić information content (AvgIpc) is 2.28. The van der Waals surface area contributed by atoms with E-state index in [1.54, 1.807) is 0 Å². The maximum atomic E-state index is 9.10. The highest BCUT2D eigenvalue weighted by Gasteiger charge is 2.18. The molecule has 0 saturated carbocycles. The Balaban J connectivity index is 3.03. The molecule has 0 fully saturated rings. The van der Waals surface area contributed by atoms with Gasteiger partial charge in [0.1, 0.15) is 0 Å².